The first-order valence-corrected chi connectivity index (χ1v) is 9.00. The van der Waals surface area contributed by atoms with Crippen LogP contribution in [0, 0.1) is 24.2 Å². The minimum atomic E-state index is -0.146. The molecule has 1 heterocycles. The fraction of sp³-hybridized carbons (Fsp3) is 0.733. The van der Waals surface area contributed by atoms with Crippen molar-refractivity contribution in [3.05, 3.63) is 11.1 Å². The zero-order valence-corrected chi connectivity index (χ0v) is 14.0. The van der Waals surface area contributed by atoms with Crippen LogP contribution in [0.5, 0.6) is 0 Å². The molecule has 4 aliphatic carbocycles. The van der Waals surface area contributed by atoms with Gasteiger partial charge in [-0.05, 0) is 57.3 Å². The van der Waals surface area contributed by atoms with Crippen LogP contribution >= 0.6 is 27.3 Å². The minimum absolute atomic E-state index is 0.146. The van der Waals surface area contributed by atoms with Gasteiger partial charge in [0.15, 0.2) is 5.13 Å². The molecular weight excluding hydrogens is 336 g/mol. The maximum Gasteiger partial charge on any atom is 0.232 e. The Labute approximate surface area is 131 Å². The van der Waals surface area contributed by atoms with Gasteiger partial charge in [-0.1, -0.05) is 15.9 Å². The Balaban J connectivity index is 1.59. The summed E-state index contributed by atoms with van der Waals surface area (Å²) >= 11 is 5.52. The molecule has 0 saturated heterocycles. The largest absolute Gasteiger partial charge is 0.301 e. The smallest absolute Gasteiger partial charge is 0.232 e. The molecule has 4 saturated carbocycles. The van der Waals surface area contributed by atoms with E-state index < -0.39 is 0 Å². The van der Waals surface area contributed by atoms with Crippen LogP contribution in [0.2, 0.25) is 0 Å². The first-order chi connectivity index (χ1) is 9.46. The average molecular weight is 355 g/mol. The number of nitrogens with zero attached hydrogens (tertiary/aromatic N) is 1. The quantitative estimate of drug-likeness (QED) is 0.811. The standard InChI is InChI=1S/C15H19BrN2OS/c1-9-7-17-13(20-9)18-12(19)14-3-10-2-11(4-14)6-15(16,5-10)8-14/h7,10-11H,2-6,8H2,1H3,(H,17,18,19). The van der Waals surface area contributed by atoms with Gasteiger partial charge in [0.05, 0.1) is 5.41 Å². The molecular formula is C15H19BrN2OS. The maximum atomic E-state index is 12.9. The summed E-state index contributed by atoms with van der Waals surface area (Å²) in [7, 11) is 0. The van der Waals surface area contributed by atoms with Crippen LogP contribution in [0.4, 0.5) is 5.13 Å². The molecule has 108 valence electrons. The number of nitrogens with one attached hydrogen (secondary N) is 1. The van der Waals surface area contributed by atoms with Crippen molar-refractivity contribution in [3.63, 3.8) is 0 Å². The van der Waals surface area contributed by atoms with Crippen molar-refractivity contribution in [3.8, 4) is 0 Å². The van der Waals surface area contributed by atoms with Crippen LogP contribution in [-0.2, 0) is 4.79 Å². The monoisotopic (exact) mass is 354 g/mol. The molecule has 0 spiro atoms. The molecule has 3 nitrogen and oxygen atoms in total. The number of halogens is 1. The second kappa shape index (κ2) is 4.29. The van der Waals surface area contributed by atoms with Crippen molar-refractivity contribution in [2.75, 3.05) is 5.32 Å². The van der Waals surface area contributed by atoms with Gasteiger partial charge in [-0.2, -0.15) is 0 Å². The summed E-state index contributed by atoms with van der Waals surface area (Å²) < 4.78 is 0.229. The van der Waals surface area contributed by atoms with Crippen molar-refractivity contribution in [1.29, 1.82) is 0 Å². The van der Waals surface area contributed by atoms with E-state index in [1.807, 2.05) is 13.1 Å². The third-order valence-corrected chi connectivity index (χ3v) is 7.07. The maximum absolute atomic E-state index is 12.9. The molecule has 0 aromatic carbocycles. The molecule has 1 N–H and O–H groups in total. The Bertz CT molecular complexity index is 556. The summed E-state index contributed by atoms with van der Waals surface area (Å²) in [5.41, 5.74) is -0.146. The van der Waals surface area contributed by atoms with E-state index in [2.05, 4.69) is 26.2 Å². The molecule has 2 atom stereocenters. The molecule has 20 heavy (non-hydrogen) atoms. The van der Waals surface area contributed by atoms with Crippen LogP contribution in [0.1, 0.15) is 43.4 Å². The number of carbonyl (C=O) groups is 1. The van der Waals surface area contributed by atoms with Crippen molar-refractivity contribution in [1.82, 2.24) is 4.98 Å². The Morgan fingerprint density at radius 3 is 2.65 bits per heavy atom. The molecule has 5 rings (SSSR count). The number of aryl methyl sites for hydroxylation is 1. The van der Waals surface area contributed by atoms with Gasteiger partial charge in [-0.3, -0.25) is 4.79 Å². The molecule has 0 radical (unpaired) electrons. The average Bonchev–Trinajstić information content (AvgIpc) is 2.71. The van der Waals surface area contributed by atoms with E-state index in [0.29, 0.717) is 0 Å². The second-order valence-electron chi connectivity index (χ2n) is 7.12. The Hall–Kier alpha value is -0.420. The molecule has 1 amide bonds. The zero-order chi connectivity index (χ0) is 14.0. The fourth-order valence-corrected chi connectivity index (χ4v) is 7.17. The summed E-state index contributed by atoms with van der Waals surface area (Å²) in [6.45, 7) is 2.02. The summed E-state index contributed by atoms with van der Waals surface area (Å²) in [4.78, 5) is 18.3. The van der Waals surface area contributed by atoms with Crippen molar-refractivity contribution in [2.24, 2.45) is 17.3 Å². The van der Waals surface area contributed by atoms with Crippen molar-refractivity contribution < 1.29 is 4.79 Å². The summed E-state index contributed by atoms with van der Waals surface area (Å²) in [5.74, 6) is 1.68. The van der Waals surface area contributed by atoms with Crippen LogP contribution in [-0.4, -0.2) is 15.2 Å². The van der Waals surface area contributed by atoms with Gasteiger partial charge in [-0.15, -0.1) is 11.3 Å². The lowest BCUT2D eigenvalue weighted by atomic mass is 9.49. The number of alkyl halides is 1. The van der Waals surface area contributed by atoms with Gasteiger partial charge in [0.25, 0.3) is 0 Å². The number of hydrogen-bond acceptors (Lipinski definition) is 3. The third-order valence-electron chi connectivity index (χ3n) is 5.31. The molecule has 1 aromatic rings. The number of amides is 1. The van der Waals surface area contributed by atoms with E-state index in [1.165, 1.54) is 19.3 Å². The fourth-order valence-electron chi connectivity index (χ4n) is 5.06. The summed E-state index contributed by atoms with van der Waals surface area (Å²) in [6, 6.07) is 0. The van der Waals surface area contributed by atoms with Crippen molar-refractivity contribution in [2.45, 2.75) is 49.8 Å². The van der Waals surface area contributed by atoms with Crippen LogP contribution < -0.4 is 5.32 Å². The lowest BCUT2D eigenvalue weighted by molar-refractivity contribution is -0.138. The number of aromatic nitrogens is 1. The zero-order valence-electron chi connectivity index (χ0n) is 11.6. The van der Waals surface area contributed by atoms with E-state index in [1.54, 1.807) is 11.3 Å². The first kappa shape index (κ1) is 13.3. The normalized spacial score (nSPS) is 41.9. The predicted octanol–water partition coefficient (Wildman–Crippen LogP) is 4.12. The number of anilines is 1. The molecule has 4 bridgehead atoms. The van der Waals surface area contributed by atoms with E-state index in [0.717, 1.165) is 41.1 Å². The number of thiazole rings is 1. The van der Waals surface area contributed by atoms with E-state index >= 15 is 0 Å². The lowest BCUT2D eigenvalue weighted by Gasteiger charge is -2.59. The van der Waals surface area contributed by atoms with E-state index in [4.69, 9.17) is 0 Å². The number of hydrogen-bond donors (Lipinski definition) is 1. The van der Waals surface area contributed by atoms with Gasteiger partial charge in [-0.25, -0.2) is 4.98 Å². The summed E-state index contributed by atoms with van der Waals surface area (Å²) in [6.07, 6.45) is 8.83. The van der Waals surface area contributed by atoms with E-state index in [-0.39, 0.29) is 15.6 Å². The highest BCUT2D eigenvalue weighted by atomic mass is 79.9. The van der Waals surface area contributed by atoms with Crippen LogP contribution in [0.25, 0.3) is 0 Å². The second-order valence-corrected chi connectivity index (χ2v) is 10.0. The van der Waals surface area contributed by atoms with Gasteiger partial charge >= 0.3 is 0 Å². The SMILES string of the molecule is Cc1cnc(NC(=O)C23CC4CC(CC(Br)(C4)C2)C3)s1. The molecule has 0 aliphatic heterocycles. The van der Waals surface area contributed by atoms with Crippen molar-refractivity contribution >= 4 is 38.3 Å². The molecule has 4 fully saturated rings. The van der Waals surface area contributed by atoms with Gasteiger partial charge in [0.1, 0.15) is 0 Å². The predicted molar refractivity (Wildman–Crippen MR) is 84.3 cm³/mol. The van der Waals surface area contributed by atoms with Crippen LogP contribution in [0.3, 0.4) is 0 Å². The van der Waals surface area contributed by atoms with Gasteiger partial charge < -0.3 is 5.32 Å². The highest BCUT2D eigenvalue weighted by Crippen LogP contribution is 2.64. The molecule has 4 aliphatic rings. The van der Waals surface area contributed by atoms with E-state index in [9.17, 15) is 4.79 Å². The number of carbonyl (C=O) groups excluding carboxylic acids is 1. The van der Waals surface area contributed by atoms with Gasteiger partial charge in [0, 0.05) is 15.4 Å². The minimum Gasteiger partial charge on any atom is -0.301 e. The van der Waals surface area contributed by atoms with Crippen LogP contribution in [0.15, 0.2) is 6.20 Å². The molecule has 2 unspecified atom stereocenters. The topological polar surface area (TPSA) is 42.0 Å². The Morgan fingerprint density at radius 1 is 1.40 bits per heavy atom. The summed E-state index contributed by atoms with van der Waals surface area (Å²) in [5, 5.41) is 3.84. The third kappa shape index (κ3) is 2.05. The first-order valence-electron chi connectivity index (χ1n) is 7.39. The molecule has 1 aromatic heterocycles. The Morgan fingerprint density at radius 2 is 2.10 bits per heavy atom. The lowest BCUT2D eigenvalue weighted by Crippen LogP contribution is -2.57. The highest BCUT2D eigenvalue weighted by Gasteiger charge is 2.59. The highest BCUT2D eigenvalue weighted by molar-refractivity contribution is 9.10. The Kier molecular flexibility index (Phi) is 2.84. The van der Waals surface area contributed by atoms with Gasteiger partial charge in [0.2, 0.25) is 5.91 Å². The number of rotatable bonds is 2. The molecule has 5 heteroatoms.